The molecule has 0 spiro atoms. The standard InChI is InChI=1S/C15H18FN3/c1-11-9-12(7-8-17)10-18-15(11)19(2)14-5-3-13(16)4-6-14/h3-6,9-10H,7-8,17H2,1-2H3. The van der Waals surface area contributed by atoms with Crippen molar-refractivity contribution in [1.29, 1.82) is 0 Å². The van der Waals surface area contributed by atoms with Gasteiger partial charge in [0.2, 0.25) is 0 Å². The molecule has 0 amide bonds. The summed E-state index contributed by atoms with van der Waals surface area (Å²) < 4.78 is 12.9. The van der Waals surface area contributed by atoms with Gasteiger partial charge in [-0.25, -0.2) is 9.37 Å². The Kier molecular flexibility index (Phi) is 4.12. The van der Waals surface area contributed by atoms with Gasteiger partial charge in [0, 0.05) is 18.9 Å². The molecule has 1 heterocycles. The van der Waals surface area contributed by atoms with Gasteiger partial charge in [-0.15, -0.1) is 0 Å². The molecule has 0 atom stereocenters. The fraction of sp³-hybridized carbons (Fsp3) is 0.267. The van der Waals surface area contributed by atoms with Crippen LogP contribution in [-0.4, -0.2) is 18.6 Å². The van der Waals surface area contributed by atoms with Gasteiger partial charge in [-0.05, 0) is 55.3 Å². The Bertz CT molecular complexity index is 552. The normalized spacial score (nSPS) is 10.5. The molecule has 19 heavy (non-hydrogen) atoms. The molecule has 0 aliphatic carbocycles. The molecule has 3 nitrogen and oxygen atoms in total. The monoisotopic (exact) mass is 259 g/mol. The minimum absolute atomic E-state index is 0.236. The minimum atomic E-state index is -0.236. The van der Waals surface area contributed by atoms with Crippen molar-refractivity contribution >= 4 is 11.5 Å². The second-order valence-corrected chi connectivity index (χ2v) is 4.56. The van der Waals surface area contributed by atoms with Crippen LogP contribution in [0.3, 0.4) is 0 Å². The lowest BCUT2D eigenvalue weighted by atomic mass is 10.1. The summed E-state index contributed by atoms with van der Waals surface area (Å²) in [5.41, 5.74) is 8.66. The Hall–Kier alpha value is -1.94. The molecule has 1 aromatic heterocycles. The molecule has 2 aromatic rings. The number of nitrogens with zero attached hydrogens (tertiary/aromatic N) is 2. The molecule has 0 saturated heterocycles. The molecule has 2 rings (SSSR count). The summed E-state index contributed by atoms with van der Waals surface area (Å²) in [5, 5.41) is 0. The van der Waals surface area contributed by atoms with Crippen LogP contribution in [0.15, 0.2) is 36.5 Å². The molecule has 0 aliphatic heterocycles. The van der Waals surface area contributed by atoms with Gasteiger partial charge in [0.05, 0.1) is 0 Å². The molecule has 0 saturated carbocycles. The fourth-order valence-corrected chi connectivity index (χ4v) is 2.07. The van der Waals surface area contributed by atoms with Crippen LogP contribution in [0.5, 0.6) is 0 Å². The van der Waals surface area contributed by atoms with Crippen LogP contribution in [0.4, 0.5) is 15.9 Å². The van der Waals surface area contributed by atoms with E-state index in [2.05, 4.69) is 11.1 Å². The van der Waals surface area contributed by atoms with Crippen LogP contribution < -0.4 is 10.6 Å². The van der Waals surface area contributed by atoms with E-state index in [0.717, 1.165) is 29.1 Å². The maximum atomic E-state index is 12.9. The van der Waals surface area contributed by atoms with Crippen molar-refractivity contribution < 1.29 is 4.39 Å². The zero-order valence-electron chi connectivity index (χ0n) is 11.2. The summed E-state index contributed by atoms with van der Waals surface area (Å²) in [5.74, 6) is 0.632. The molecule has 4 heteroatoms. The molecule has 2 N–H and O–H groups in total. The number of hydrogen-bond donors (Lipinski definition) is 1. The molecule has 100 valence electrons. The van der Waals surface area contributed by atoms with Gasteiger partial charge >= 0.3 is 0 Å². The first kappa shape index (κ1) is 13.5. The largest absolute Gasteiger partial charge is 0.330 e. The Morgan fingerprint density at radius 2 is 1.95 bits per heavy atom. The van der Waals surface area contributed by atoms with E-state index in [1.54, 1.807) is 12.1 Å². The van der Waals surface area contributed by atoms with E-state index in [9.17, 15) is 4.39 Å². The molecule has 0 fully saturated rings. The highest BCUT2D eigenvalue weighted by atomic mass is 19.1. The van der Waals surface area contributed by atoms with Gasteiger partial charge < -0.3 is 10.6 Å². The lowest BCUT2D eigenvalue weighted by Crippen LogP contribution is -2.13. The van der Waals surface area contributed by atoms with Gasteiger partial charge in [0.25, 0.3) is 0 Å². The van der Waals surface area contributed by atoms with Gasteiger partial charge in [-0.2, -0.15) is 0 Å². The van der Waals surface area contributed by atoms with Crippen molar-refractivity contribution in [3.05, 3.63) is 53.5 Å². The summed E-state index contributed by atoms with van der Waals surface area (Å²) >= 11 is 0. The van der Waals surface area contributed by atoms with E-state index in [4.69, 9.17) is 5.73 Å². The van der Waals surface area contributed by atoms with E-state index in [0.29, 0.717) is 6.54 Å². The summed E-state index contributed by atoms with van der Waals surface area (Å²) in [6, 6.07) is 8.47. The number of nitrogens with two attached hydrogens (primary N) is 1. The van der Waals surface area contributed by atoms with Crippen LogP contribution in [0, 0.1) is 12.7 Å². The zero-order chi connectivity index (χ0) is 13.8. The second-order valence-electron chi connectivity index (χ2n) is 4.56. The summed E-state index contributed by atoms with van der Waals surface area (Å²) in [4.78, 5) is 6.42. The molecule has 1 aromatic carbocycles. The third-order valence-corrected chi connectivity index (χ3v) is 3.07. The smallest absolute Gasteiger partial charge is 0.135 e. The minimum Gasteiger partial charge on any atom is -0.330 e. The van der Waals surface area contributed by atoms with Crippen molar-refractivity contribution in [3.8, 4) is 0 Å². The van der Waals surface area contributed by atoms with Crippen molar-refractivity contribution in [2.45, 2.75) is 13.3 Å². The Balaban J connectivity index is 2.28. The van der Waals surface area contributed by atoms with Crippen LogP contribution in [-0.2, 0) is 6.42 Å². The summed E-state index contributed by atoms with van der Waals surface area (Å²) in [6.07, 6.45) is 2.67. The number of anilines is 2. The number of pyridine rings is 1. The highest BCUT2D eigenvalue weighted by Crippen LogP contribution is 2.25. The van der Waals surface area contributed by atoms with Crippen molar-refractivity contribution in [1.82, 2.24) is 4.98 Å². The highest BCUT2D eigenvalue weighted by molar-refractivity contribution is 5.61. The summed E-state index contributed by atoms with van der Waals surface area (Å²) in [6.45, 7) is 2.64. The lowest BCUT2D eigenvalue weighted by molar-refractivity contribution is 0.628. The van der Waals surface area contributed by atoms with Crippen molar-refractivity contribution in [2.24, 2.45) is 5.73 Å². The topological polar surface area (TPSA) is 42.1 Å². The van der Waals surface area contributed by atoms with E-state index in [1.807, 2.05) is 25.1 Å². The molecule has 0 aliphatic rings. The molecule has 0 radical (unpaired) electrons. The van der Waals surface area contributed by atoms with Gasteiger partial charge in [0.1, 0.15) is 11.6 Å². The van der Waals surface area contributed by atoms with E-state index in [1.165, 1.54) is 12.1 Å². The average Bonchev–Trinajstić information content (AvgIpc) is 2.39. The van der Waals surface area contributed by atoms with Crippen molar-refractivity contribution in [2.75, 3.05) is 18.5 Å². The number of rotatable bonds is 4. The number of aryl methyl sites for hydroxylation is 1. The van der Waals surface area contributed by atoms with Crippen LogP contribution in [0.25, 0.3) is 0 Å². The number of benzene rings is 1. The average molecular weight is 259 g/mol. The number of halogens is 1. The first-order valence-corrected chi connectivity index (χ1v) is 6.26. The van der Waals surface area contributed by atoms with Gasteiger partial charge in [-0.1, -0.05) is 6.07 Å². The first-order chi connectivity index (χ1) is 9.11. The molecular weight excluding hydrogens is 241 g/mol. The first-order valence-electron chi connectivity index (χ1n) is 6.26. The van der Waals surface area contributed by atoms with E-state index >= 15 is 0 Å². The predicted molar refractivity (Wildman–Crippen MR) is 76.2 cm³/mol. The number of aromatic nitrogens is 1. The lowest BCUT2D eigenvalue weighted by Gasteiger charge is -2.20. The number of hydrogen-bond acceptors (Lipinski definition) is 3. The third-order valence-electron chi connectivity index (χ3n) is 3.07. The van der Waals surface area contributed by atoms with Gasteiger partial charge in [0.15, 0.2) is 0 Å². The quantitative estimate of drug-likeness (QED) is 0.918. The molecule has 0 bridgehead atoms. The third kappa shape index (κ3) is 3.09. The Morgan fingerprint density at radius 1 is 1.26 bits per heavy atom. The molecule has 0 unspecified atom stereocenters. The van der Waals surface area contributed by atoms with Crippen LogP contribution in [0.1, 0.15) is 11.1 Å². The Morgan fingerprint density at radius 3 is 2.53 bits per heavy atom. The second kappa shape index (κ2) is 5.80. The highest BCUT2D eigenvalue weighted by Gasteiger charge is 2.09. The summed E-state index contributed by atoms with van der Waals surface area (Å²) in [7, 11) is 1.92. The van der Waals surface area contributed by atoms with Gasteiger partial charge in [-0.3, -0.25) is 0 Å². The molecular formula is C15H18FN3. The fourth-order valence-electron chi connectivity index (χ4n) is 2.07. The van der Waals surface area contributed by atoms with E-state index < -0.39 is 0 Å². The maximum absolute atomic E-state index is 12.9. The maximum Gasteiger partial charge on any atom is 0.135 e. The SMILES string of the molecule is Cc1cc(CCN)cnc1N(C)c1ccc(F)cc1. The van der Waals surface area contributed by atoms with E-state index in [-0.39, 0.29) is 5.82 Å². The predicted octanol–water partition coefficient (Wildman–Crippen LogP) is 2.80. The zero-order valence-corrected chi connectivity index (χ0v) is 11.2. The van der Waals surface area contributed by atoms with Crippen LogP contribution in [0.2, 0.25) is 0 Å². The van der Waals surface area contributed by atoms with Crippen molar-refractivity contribution in [3.63, 3.8) is 0 Å². The van der Waals surface area contributed by atoms with Crippen LogP contribution >= 0.6 is 0 Å². The Labute approximate surface area is 112 Å².